The molecule has 0 saturated carbocycles. The molecule has 16 heavy (non-hydrogen) atoms. The summed E-state index contributed by atoms with van der Waals surface area (Å²) in [6.45, 7) is 0.615. The van der Waals surface area contributed by atoms with Crippen LogP contribution >= 0.6 is 15.9 Å². The van der Waals surface area contributed by atoms with E-state index in [1.165, 1.54) is 0 Å². The number of benzene rings is 1. The van der Waals surface area contributed by atoms with Gasteiger partial charge >= 0.3 is 0 Å². The lowest BCUT2D eigenvalue weighted by molar-refractivity contribution is -0.0451. The summed E-state index contributed by atoms with van der Waals surface area (Å²) < 4.78 is 11.8. The largest absolute Gasteiger partial charge is 0.497 e. The third kappa shape index (κ3) is 2.56. The molecule has 1 aliphatic heterocycles. The molecule has 1 aromatic rings. The van der Waals surface area contributed by atoms with Crippen LogP contribution in [0.5, 0.6) is 5.75 Å². The third-order valence-corrected chi connectivity index (χ3v) is 3.50. The number of aliphatic hydroxyl groups excluding tert-OH is 1. The van der Waals surface area contributed by atoms with E-state index in [0.29, 0.717) is 13.0 Å². The van der Waals surface area contributed by atoms with Gasteiger partial charge in [-0.2, -0.15) is 0 Å². The Kier molecular flexibility index (Phi) is 3.84. The molecular formula is C12H15BrO3. The average molecular weight is 287 g/mol. The van der Waals surface area contributed by atoms with Crippen LogP contribution in [0, 0.1) is 0 Å². The van der Waals surface area contributed by atoms with Crippen LogP contribution in [0.25, 0.3) is 0 Å². The average Bonchev–Trinajstić information content (AvgIpc) is 2.28. The van der Waals surface area contributed by atoms with Crippen molar-refractivity contribution in [2.75, 3.05) is 13.7 Å². The van der Waals surface area contributed by atoms with Crippen molar-refractivity contribution in [2.45, 2.75) is 25.0 Å². The normalized spacial score (nSPS) is 25.4. The predicted octanol–water partition coefficient (Wildman–Crippen LogP) is 2.67. The van der Waals surface area contributed by atoms with Gasteiger partial charge in [-0.3, -0.25) is 0 Å². The quantitative estimate of drug-likeness (QED) is 0.909. The van der Waals surface area contributed by atoms with Crippen molar-refractivity contribution in [3.05, 3.63) is 28.2 Å². The third-order valence-electron chi connectivity index (χ3n) is 2.81. The van der Waals surface area contributed by atoms with Gasteiger partial charge in [0.25, 0.3) is 0 Å². The molecule has 2 atom stereocenters. The number of ether oxygens (including phenoxy) is 2. The smallest absolute Gasteiger partial charge is 0.120 e. The van der Waals surface area contributed by atoms with Crippen LogP contribution in [-0.2, 0) is 4.74 Å². The van der Waals surface area contributed by atoms with Crippen molar-refractivity contribution in [3.8, 4) is 5.75 Å². The molecule has 0 aromatic heterocycles. The van der Waals surface area contributed by atoms with E-state index < -0.39 is 0 Å². The van der Waals surface area contributed by atoms with Crippen LogP contribution in [0.3, 0.4) is 0 Å². The second kappa shape index (κ2) is 5.17. The lowest BCUT2D eigenvalue weighted by atomic mass is 9.99. The number of aliphatic hydroxyl groups is 1. The summed E-state index contributed by atoms with van der Waals surface area (Å²) in [7, 11) is 1.64. The fourth-order valence-corrected chi connectivity index (χ4v) is 2.51. The van der Waals surface area contributed by atoms with E-state index in [4.69, 9.17) is 9.47 Å². The van der Waals surface area contributed by atoms with Crippen molar-refractivity contribution >= 4 is 15.9 Å². The van der Waals surface area contributed by atoms with Gasteiger partial charge in [-0.05, 0) is 24.1 Å². The Hall–Kier alpha value is -0.580. The summed E-state index contributed by atoms with van der Waals surface area (Å²) in [5.74, 6) is 0.812. The SMILES string of the molecule is COc1ccc(C2CC(O)CCO2)c(Br)c1. The molecule has 0 amide bonds. The first kappa shape index (κ1) is 11.9. The maximum absolute atomic E-state index is 9.61. The highest BCUT2D eigenvalue weighted by atomic mass is 79.9. The Morgan fingerprint density at radius 2 is 2.31 bits per heavy atom. The standard InChI is InChI=1S/C12H15BrO3/c1-15-9-2-3-10(11(13)7-9)12-6-8(14)4-5-16-12/h2-3,7-8,12,14H,4-6H2,1H3. The Bertz CT molecular complexity index is 367. The maximum Gasteiger partial charge on any atom is 0.120 e. The summed E-state index contributed by atoms with van der Waals surface area (Å²) in [5, 5.41) is 9.61. The number of hydrogen-bond acceptors (Lipinski definition) is 3. The second-order valence-electron chi connectivity index (χ2n) is 3.93. The zero-order chi connectivity index (χ0) is 11.5. The monoisotopic (exact) mass is 286 g/mol. The summed E-state index contributed by atoms with van der Waals surface area (Å²) in [6.07, 6.45) is 1.10. The Morgan fingerprint density at radius 3 is 2.94 bits per heavy atom. The summed E-state index contributed by atoms with van der Waals surface area (Å²) in [6, 6.07) is 5.80. The van der Waals surface area contributed by atoms with Crippen molar-refractivity contribution < 1.29 is 14.6 Å². The van der Waals surface area contributed by atoms with Crippen molar-refractivity contribution in [3.63, 3.8) is 0 Å². The first-order valence-corrected chi connectivity index (χ1v) is 6.13. The van der Waals surface area contributed by atoms with Crippen molar-refractivity contribution in [1.29, 1.82) is 0 Å². The van der Waals surface area contributed by atoms with Crippen LogP contribution in [0.1, 0.15) is 24.5 Å². The molecule has 1 aromatic carbocycles. The maximum atomic E-state index is 9.61. The molecule has 3 nitrogen and oxygen atoms in total. The van der Waals surface area contributed by atoms with Gasteiger partial charge in [0.15, 0.2) is 0 Å². The first-order valence-electron chi connectivity index (χ1n) is 5.34. The highest BCUT2D eigenvalue weighted by Gasteiger charge is 2.23. The molecule has 1 N–H and O–H groups in total. The zero-order valence-corrected chi connectivity index (χ0v) is 10.7. The van der Waals surface area contributed by atoms with Crippen LogP contribution in [0.2, 0.25) is 0 Å². The molecule has 1 fully saturated rings. The van der Waals surface area contributed by atoms with Crippen LogP contribution in [0.15, 0.2) is 22.7 Å². The van der Waals surface area contributed by atoms with Gasteiger partial charge in [0, 0.05) is 17.5 Å². The van der Waals surface area contributed by atoms with Gasteiger partial charge in [-0.25, -0.2) is 0 Å². The van der Waals surface area contributed by atoms with E-state index in [9.17, 15) is 5.11 Å². The van der Waals surface area contributed by atoms with Gasteiger partial charge in [-0.1, -0.05) is 22.0 Å². The molecule has 88 valence electrons. The predicted molar refractivity (Wildman–Crippen MR) is 64.6 cm³/mol. The number of hydrogen-bond donors (Lipinski definition) is 1. The van der Waals surface area contributed by atoms with E-state index in [1.54, 1.807) is 7.11 Å². The van der Waals surface area contributed by atoms with Gasteiger partial charge in [0.1, 0.15) is 5.75 Å². The van der Waals surface area contributed by atoms with Crippen LogP contribution in [-0.4, -0.2) is 24.9 Å². The Labute approximate surface area is 104 Å². The van der Waals surface area contributed by atoms with Gasteiger partial charge < -0.3 is 14.6 Å². The fourth-order valence-electron chi connectivity index (χ4n) is 1.89. The van der Waals surface area contributed by atoms with Gasteiger partial charge in [0.05, 0.1) is 19.3 Å². The summed E-state index contributed by atoms with van der Waals surface area (Å²) in [5.41, 5.74) is 1.07. The van der Waals surface area contributed by atoms with Crippen LogP contribution in [0.4, 0.5) is 0 Å². The van der Waals surface area contributed by atoms with Gasteiger partial charge in [0.2, 0.25) is 0 Å². The van der Waals surface area contributed by atoms with E-state index in [0.717, 1.165) is 22.2 Å². The topological polar surface area (TPSA) is 38.7 Å². The summed E-state index contributed by atoms with van der Waals surface area (Å²) >= 11 is 3.50. The molecule has 1 saturated heterocycles. The minimum atomic E-state index is -0.257. The molecule has 4 heteroatoms. The van der Waals surface area contributed by atoms with Crippen LogP contribution < -0.4 is 4.74 Å². The highest BCUT2D eigenvalue weighted by Crippen LogP contribution is 2.34. The van der Waals surface area contributed by atoms with E-state index in [-0.39, 0.29) is 12.2 Å². The molecular weight excluding hydrogens is 272 g/mol. The highest BCUT2D eigenvalue weighted by molar-refractivity contribution is 9.10. The lowest BCUT2D eigenvalue weighted by Gasteiger charge is -2.27. The number of halogens is 1. The molecule has 2 unspecified atom stereocenters. The number of methoxy groups -OCH3 is 1. The fraction of sp³-hybridized carbons (Fsp3) is 0.500. The van der Waals surface area contributed by atoms with Crippen molar-refractivity contribution in [1.82, 2.24) is 0 Å². The lowest BCUT2D eigenvalue weighted by Crippen LogP contribution is -2.23. The van der Waals surface area contributed by atoms with E-state index in [2.05, 4.69) is 15.9 Å². The minimum Gasteiger partial charge on any atom is -0.497 e. The first-order chi connectivity index (χ1) is 7.70. The van der Waals surface area contributed by atoms with E-state index >= 15 is 0 Å². The zero-order valence-electron chi connectivity index (χ0n) is 9.15. The molecule has 0 spiro atoms. The molecule has 1 aliphatic rings. The summed E-state index contributed by atoms with van der Waals surface area (Å²) in [4.78, 5) is 0. The molecule has 0 radical (unpaired) electrons. The molecule has 0 bridgehead atoms. The van der Waals surface area contributed by atoms with E-state index in [1.807, 2.05) is 18.2 Å². The Balaban J connectivity index is 2.19. The molecule has 1 heterocycles. The minimum absolute atomic E-state index is 0.0240. The van der Waals surface area contributed by atoms with Gasteiger partial charge in [-0.15, -0.1) is 0 Å². The molecule has 0 aliphatic carbocycles. The Morgan fingerprint density at radius 1 is 1.50 bits per heavy atom. The van der Waals surface area contributed by atoms with Crippen molar-refractivity contribution in [2.24, 2.45) is 0 Å². The molecule has 2 rings (SSSR count). The number of rotatable bonds is 2. The second-order valence-corrected chi connectivity index (χ2v) is 4.78.